The first-order valence-corrected chi connectivity index (χ1v) is 10.9. The third-order valence-electron chi connectivity index (χ3n) is 5.52. The van der Waals surface area contributed by atoms with Gasteiger partial charge in [-0.2, -0.15) is 5.10 Å². The predicted molar refractivity (Wildman–Crippen MR) is 128 cm³/mol. The lowest BCUT2D eigenvalue weighted by Crippen LogP contribution is -2.27. The number of para-hydroxylation sites is 1. The van der Waals surface area contributed by atoms with E-state index in [0.29, 0.717) is 18.1 Å². The first-order valence-electron chi connectivity index (χ1n) is 10.9. The molecule has 1 heterocycles. The standard InChI is InChI=1S/C26H29N3O3/c1-5-31-20-13-11-18(12-14-20)27-25(30)24-17(2)23-21(15-26(3,4)16-22(23)32-24)29-28-19-9-7-6-8-10-19/h6-14,28H,5,15-16H2,1-4H3,(H,27,30)/b29-21-. The summed E-state index contributed by atoms with van der Waals surface area (Å²) in [6, 6.07) is 17.1. The molecule has 0 unspecified atom stereocenters. The van der Waals surface area contributed by atoms with Gasteiger partial charge in [0.1, 0.15) is 11.5 Å². The minimum Gasteiger partial charge on any atom is -0.494 e. The Kier molecular flexibility index (Phi) is 6.04. The zero-order valence-corrected chi connectivity index (χ0v) is 19.0. The number of rotatable bonds is 6. The molecule has 3 aromatic rings. The summed E-state index contributed by atoms with van der Waals surface area (Å²) in [4.78, 5) is 13.0. The van der Waals surface area contributed by atoms with Gasteiger partial charge in [0.2, 0.25) is 0 Å². The molecule has 0 radical (unpaired) electrons. The van der Waals surface area contributed by atoms with Gasteiger partial charge in [-0.05, 0) is 62.1 Å². The van der Waals surface area contributed by atoms with Gasteiger partial charge in [0, 0.05) is 23.2 Å². The maximum Gasteiger partial charge on any atom is 0.291 e. The Balaban J connectivity index is 1.60. The Morgan fingerprint density at radius 2 is 1.78 bits per heavy atom. The van der Waals surface area contributed by atoms with Crippen molar-refractivity contribution in [2.75, 3.05) is 17.3 Å². The average molecular weight is 432 g/mol. The Morgan fingerprint density at radius 1 is 1.06 bits per heavy atom. The third-order valence-corrected chi connectivity index (χ3v) is 5.52. The predicted octanol–water partition coefficient (Wildman–Crippen LogP) is 6.03. The highest BCUT2D eigenvalue weighted by Crippen LogP contribution is 2.39. The number of carbonyl (C=O) groups is 1. The lowest BCUT2D eigenvalue weighted by Gasteiger charge is -2.29. The first kappa shape index (κ1) is 21.7. The maximum atomic E-state index is 13.0. The van der Waals surface area contributed by atoms with Crippen LogP contribution in [0, 0.1) is 12.3 Å². The van der Waals surface area contributed by atoms with Crippen molar-refractivity contribution < 1.29 is 13.9 Å². The van der Waals surface area contributed by atoms with Crippen LogP contribution in [0.1, 0.15) is 54.6 Å². The first-order chi connectivity index (χ1) is 15.4. The summed E-state index contributed by atoms with van der Waals surface area (Å²) >= 11 is 0. The van der Waals surface area contributed by atoms with Crippen LogP contribution in [0.2, 0.25) is 0 Å². The van der Waals surface area contributed by atoms with Crippen LogP contribution in [0.4, 0.5) is 11.4 Å². The molecule has 0 aliphatic heterocycles. The molecule has 166 valence electrons. The number of amides is 1. The summed E-state index contributed by atoms with van der Waals surface area (Å²) < 4.78 is 11.6. The molecule has 1 aromatic heterocycles. The fourth-order valence-corrected chi connectivity index (χ4v) is 4.06. The monoisotopic (exact) mass is 431 g/mol. The van der Waals surface area contributed by atoms with E-state index in [0.717, 1.165) is 46.9 Å². The van der Waals surface area contributed by atoms with Crippen molar-refractivity contribution in [2.45, 2.75) is 40.5 Å². The van der Waals surface area contributed by atoms with Crippen molar-refractivity contribution in [1.29, 1.82) is 0 Å². The second kappa shape index (κ2) is 8.91. The number of benzene rings is 2. The third kappa shape index (κ3) is 4.69. The number of nitrogens with zero attached hydrogens (tertiary/aromatic N) is 1. The minimum absolute atomic E-state index is 0.0165. The molecule has 1 aliphatic rings. The van der Waals surface area contributed by atoms with Gasteiger partial charge in [-0.15, -0.1) is 0 Å². The number of hydrogen-bond acceptors (Lipinski definition) is 5. The number of carbonyl (C=O) groups excluding carboxylic acids is 1. The van der Waals surface area contributed by atoms with Gasteiger partial charge in [0.15, 0.2) is 5.76 Å². The molecule has 0 atom stereocenters. The summed E-state index contributed by atoms with van der Waals surface area (Å²) in [6.45, 7) is 8.83. The van der Waals surface area contributed by atoms with E-state index in [1.165, 1.54) is 0 Å². The molecular weight excluding hydrogens is 402 g/mol. The molecule has 32 heavy (non-hydrogen) atoms. The summed E-state index contributed by atoms with van der Waals surface area (Å²) in [5.41, 5.74) is 7.39. The summed E-state index contributed by atoms with van der Waals surface area (Å²) in [6.07, 6.45) is 1.55. The van der Waals surface area contributed by atoms with Gasteiger partial charge in [-0.3, -0.25) is 10.2 Å². The fourth-order valence-electron chi connectivity index (χ4n) is 4.06. The molecule has 0 saturated carbocycles. The number of ether oxygens (including phenoxy) is 1. The van der Waals surface area contributed by atoms with Gasteiger partial charge in [-0.1, -0.05) is 32.0 Å². The largest absolute Gasteiger partial charge is 0.494 e. The number of hydrogen-bond donors (Lipinski definition) is 2. The van der Waals surface area contributed by atoms with Crippen molar-refractivity contribution >= 4 is 23.0 Å². The highest BCUT2D eigenvalue weighted by molar-refractivity contribution is 6.09. The van der Waals surface area contributed by atoms with E-state index in [-0.39, 0.29) is 11.3 Å². The van der Waals surface area contributed by atoms with Crippen molar-refractivity contribution in [3.63, 3.8) is 0 Å². The van der Waals surface area contributed by atoms with Crippen LogP contribution in [0.15, 0.2) is 64.1 Å². The number of hydrazone groups is 1. The Labute approximate surface area is 188 Å². The van der Waals surface area contributed by atoms with E-state index in [9.17, 15) is 4.79 Å². The van der Waals surface area contributed by atoms with E-state index in [4.69, 9.17) is 14.3 Å². The lowest BCUT2D eigenvalue weighted by atomic mass is 9.75. The molecule has 2 N–H and O–H groups in total. The number of nitrogens with one attached hydrogen (secondary N) is 2. The number of furan rings is 1. The number of fused-ring (bicyclic) bond motifs is 1. The van der Waals surface area contributed by atoms with Crippen molar-refractivity contribution in [1.82, 2.24) is 0 Å². The van der Waals surface area contributed by atoms with E-state index >= 15 is 0 Å². The van der Waals surface area contributed by atoms with Gasteiger partial charge < -0.3 is 14.5 Å². The van der Waals surface area contributed by atoms with E-state index in [2.05, 4.69) is 24.6 Å². The van der Waals surface area contributed by atoms with E-state index < -0.39 is 0 Å². The van der Waals surface area contributed by atoms with Crippen molar-refractivity contribution in [3.8, 4) is 5.75 Å². The lowest BCUT2D eigenvalue weighted by molar-refractivity contribution is 0.0993. The molecule has 0 bridgehead atoms. The summed E-state index contributed by atoms with van der Waals surface area (Å²) in [5.74, 6) is 1.64. The topological polar surface area (TPSA) is 75.9 Å². The molecule has 1 aliphatic carbocycles. The highest BCUT2D eigenvalue weighted by Gasteiger charge is 2.36. The Hall–Kier alpha value is -3.54. The normalized spacial score (nSPS) is 15.8. The smallest absolute Gasteiger partial charge is 0.291 e. The van der Waals surface area contributed by atoms with Crippen LogP contribution in [-0.4, -0.2) is 18.2 Å². The van der Waals surface area contributed by atoms with Gasteiger partial charge in [0.25, 0.3) is 5.91 Å². The highest BCUT2D eigenvalue weighted by atomic mass is 16.5. The van der Waals surface area contributed by atoms with Crippen molar-refractivity contribution in [3.05, 3.63) is 77.2 Å². The number of anilines is 2. The fraction of sp³-hybridized carbons (Fsp3) is 0.308. The summed E-state index contributed by atoms with van der Waals surface area (Å²) in [5, 5.41) is 7.62. The molecular formula is C26H29N3O3. The average Bonchev–Trinajstić information content (AvgIpc) is 3.09. The molecule has 2 aromatic carbocycles. The van der Waals surface area contributed by atoms with Crippen LogP contribution in [0.5, 0.6) is 5.75 Å². The van der Waals surface area contributed by atoms with Gasteiger partial charge in [0.05, 0.1) is 18.0 Å². The Morgan fingerprint density at radius 3 is 2.47 bits per heavy atom. The maximum absolute atomic E-state index is 13.0. The second-order valence-electron chi connectivity index (χ2n) is 8.82. The Bertz CT molecular complexity index is 1130. The quantitative estimate of drug-likeness (QED) is 0.468. The molecule has 6 heteroatoms. The van der Waals surface area contributed by atoms with Crippen LogP contribution >= 0.6 is 0 Å². The van der Waals surface area contributed by atoms with Crippen LogP contribution in [0.3, 0.4) is 0 Å². The zero-order chi connectivity index (χ0) is 22.7. The molecule has 1 amide bonds. The van der Waals surface area contributed by atoms with Crippen molar-refractivity contribution in [2.24, 2.45) is 10.5 Å². The minimum atomic E-state index is -0.269. The SMILES string of the molecule is CCOc1ccc(NC(=O)c2oc3c(c2C)/C(=N\Nc2ccccc2)CC(C)(C)C3)cc1. The second-order valence-corrected chi connectivity index (χ2v) is 8.82. The molecule has 0 fully saturated rings. The van der Waals surface area contributed by atoms with E-state index in [1.54, 1.807) is 0 Å². The van der Waals surface area contributed by atoms with Crippen LogP contribution < -0.4 is 15.5 Å². The van der Waals surface area contributed by atoms with Crippen LogP contribution in [-0.2, 0) is 6.42 Å². The molecule has 0 spiro atoms. The van der Waals surface area contributed by atoms with E-state index in [1.807, 2.05) is 68.4 Å². The molecule has 0 saturated heterocycles. The zero-order valence-electron chi connectivity index (χ0n) is 19.0. The van der Waals surface area contributed by atoms with Gasteiger partial charge >= 0.3 is 0 Å². The summed E-state index contributed by atoms with van der Waals surface area (Å²) in [7, 11) is 0. The molecule has 4 rings (SSSR count). The van der Waals surface area contributed by atoms with Gasteiger partial charge in [-0.25, -0.2) is 0 Å². The van der Waals surface area contributed by atoms with Crippen LogP contribution in [0.25, 0.3) is 0 Å². The molecule has 6 nitrogen and oxygen atoms in total.